The predicted molar refractivity (Wildman–Crippen MR) is 109 cm³/mol. The molecule has 3 rings (SSSR count). The Kier molecular flexibility index (Phi) is 6.57. The maximum atomic E-state index is 13.0. The van der Waals surface area contributed by atoms with Crippen LogP contribution in [-0.2, 0) is 9.53 Å². The third kappa shape index (κ3) is 5.03. The summed E-state index contributed by atoms with van der Waals surface area (Å²) in [6, 6.07) is 4.13. The van der Waals surface area contributed by atoms with E-state index in [0.29, 0.717) is 5.82 Å². The lowest BCUT2D eigenvalue weighted by molar-refractivity contribution is -0.121. The van der Waals surface area contributed by atoms with Crippen LogP contribution < -0.4 is 4.90 Å². The Labute approximate surface area is 168 Å². The predicted octanol–water partition coefficient (Wildman–Crippen LogP) is 4.84. The van der Waals surface area contributed by atoms with Gasteiger partial charge >= 0.3 is 6.09 Å². The van der Waals surface area contributed by atoms with Crippen LogP contribution in [0.15, 0.2) is 18.3 Å². The van der Waals surface area contributed by atoms with Crippen LogP contribution in [0, 0.1) is 0 Å². The molecule has 2 amide bonds. The van der Waals surface area contributed by atoms with E-state index >= 15 is 0 Å². The molecule has 0 spiro atoms. The second-order valence-electron chi connectivity index (χ2n) is 8.95. The monoisotopic (exact) mass is 387 g/mol. The normalized spacial score (nSPS) is 21.2. The molecule has 0 radical (unpaired) electrons. The van der Waals surface area contributed by atoms with Gasteiger partial charge in [-0.3, -0.25) is 9.69 Å². The van der Waals surface area contributed by atoms with Gasteiger partial charge in [-0.1, -0.05) is 25.3 Å². The van der Waals surface area contributed by atoms with Gasteiger partial charge in [0.2, 0.25) is 6.41 Å². The lowest BCUT2D eigenvalue weighted by Gasteiger charge is -2.35. The Bertz CT molecular complexity index is 663. The molecule has 2 aliphatic rings. The van der Waals surface area contributed by atoms with Gasteiger partial charge < -0.3 is 9.64 Å². The molecule has 0 N–H and O–H groups in total. The molecule has 2 fully saturated rings. The van der Waals surface area contributed by atoms with E-state index in [0.717, 1.165) is 63.5 Å². The first-order valence-corrected chi connectivity index (χ1v) is 10.6. The van der Waals surface area contributed by atoms with Crippen molar-refractivity contribution in [1.82, 2.24) is 9.88 Å². The van der Waals surface area contributed by atoms with Crippen LogP contribution in [-0.4, -0.2) is 40.6 Å². The molecule has 1 aliphatic heterocycles. The number of rotatable bonds is 4. The highest BCUT2D eigenvalue weighted by molar-refractivity contribution is 5.87. The highest BCUT2D eigenvalue weighted by Crippen LogP contribution is 2.32. The van der Waals surface area contributed by atoms with E-state index in [2.05, 4.69) is 4.98 Å². The van der Waals surface area contributed by atoms with E-state index in [1.165, 1.54) is 6.42 Å². The summed E-state index contributed by atoms with van der Waals surface area (Å²) < 4.78 is 5.68. The van der Waals surface area contributed by atoms with E-state index in [-0.39, 0.29) is 18.2 Å². The Morgan fingerprint density at radius 1 is 1.14 bits per heavy atom. The number of anilines is 1. The summed E-state index contributed by atoms with van der Waals surface area (Å²) >= 11 is 0. The minimum atomic E-state index is -0.545. The standard InChI is InChI=1S/C22H33N3O3/c1-22(2,3)28-21(27)25(18-9-5-4-6-10-18)20-13-12-17(15-23-20)19-11-7-8-14-24(19)16-26/h12-13,15-16,18-19H,4-11,14H2,1-3H3. The molecule has 1 saturated heterocycles. The topological polar surface area (TPSA) is 62.7 Å². The number of hydrogen-bond acceptors (Lipinski definition) is 4. The van der Waals surface area contributed by atoms with Crippen LogP contribution >= 0.6 is 0 Å². The SMILES string of the molecule is CC(C)(C)OC(=O)N(c1ccc(C2CCCCN2C=O)cn1)C1CCCCC1. The van der Waals surface area contributed by atoms with Crippen molar-refractivity contribution in [2.45, 2.75) is 89.8 Å². The van der Waals surface area contributed by atoms with Crippen LogP contribution in [0.3, 0.4) is 0 Å². The maximum Gasteiger partial charge on any atom is 0.416 e. The fourth-order valence-corrected chi connectivity index (χ4v) is 4.26. The molecule has 1 atom stereocenters. The minimum Gasteiger partial charge on any atom is -0.443 e. The molecule has 1 aliphatic carbocycles. The van der Waals surface area contributed by atoms with Gasteiger partial charge in [-0.15, -0.1) is 0 Å². The number of carbonyl (C=O) groups is 2. The summed E-state index contributed by atoms with van der Waals surface area (Å²) in [5, 5.41) is 0. The van der Waals surface area contributed by atoms with Gasteiger partial charge in [-0.25, -0.2) is 9.78 Å². The van der Waals surface area contributed by atoms with Crippen LogP contribution in [0.2, 0.25) is 0 Å². The number of ether oxygens (including phenoxy) is 1. The Morgan fingerprint density at radius 2 is 1.86 bits per heavy atom. The van der Waals surface area contributed by atoms with Crippen molar-refractivity contribution in [3.05, 3.63) is 23.9 Å². The molecule has 1 aromatic heterocycles. The van der Waals surface area contributed by atoms with E-state index < -0.39 is 5.60 Å². The van der Waals surface area contributed by atoms with Gasteiger partial charge in [0, 0.05) is 18.8 Å². The Morgan fingerprint density at radius 3 is 2.46 bits per heavy atom. The maximum absolute atomic E-state index is 13.0. The Balaban J connectivity index is 1.83. The van der Waals surface area contributed by atoms with Crippen molar-refractivity contribution in [3.63, 3.8) is 0 Å². The van der Waals surface area contributed by atoms with Crippen LogP contribution in [0.4, 0.5) is 10.6 Å². The van der Waals surface area contributed by atoms with E-state index in [4.69, 9.17) is 4.74 Å². The van der Waals surface area contributed by atoms with Gasteiger partial charge in [0.15, 0.2) is 0 Å². The third-order valence-corrected chi connectivity index (χ3v) is 5.61. The number of likely N-dealkylation sites (tertiary alicyclic amines) is 1. The molecule has 2 heterocycles. The molecular weight excluding hydrogens is 354 g/mol. The molecule has 28 heavy (non-hydrogen) atoms. The van der Waals surface area contributed by atoms with E-state index in [1.54, 1.807) is 4.90 Å². The van der Waals surface area contributed by atoms with Gasteiger partial charge in [0.25, 0.3) is 0 Å². The number of aromatic nitrogens is 1. The van der Waals surface area contributed by atoms with Crippen LogP contribution in [0.1, 0.15) is 83.7 Å². The quantitative estimate of drug-likeness (QED) is 0.694. The van der Waals surface area contributed by atoms with Crippen molar-refractivity contribution >= 4 is 18.3 Å². The lowest BCUT2D eigenvalue weighted by Crippen LogP contribution is -2.45. The van der Waals surface area contributed by atoms with Crippen LogP contribution in [0.5, 0.6) is 0 Å². The molecule has 1 unspecified atom stereocenters. The van der Waals surface area contributed by atoms with Crippen molar-refractivity contribution in [3.8, 4) is 0 Å². The fourth-order valence-electron chi connectivity index (χ4n) is 4.26. The second kappa shape index (κ2) is 8.93. The number of piperidine rings is 1. The van der Waals surface area contributed by atoms with Crippen molar-refractivity contribution < 1.29 is 14.3 Å². The fraction of sp³-hybridized carbons (Fsp3) is 0.682. The van der Waals surface area contributed by atoms with E-state index in [1.807, 2.05) is 44.0 Å². The van der Waals surface area contributed by atoms with Crippen molar-refractivity contribution in [2.75, 3.05) is 11.4 Å². The first-order chi connectivity index (χ1) is 13.4. The summed E-state index contributed by atoms with van der Waals surface area (Å²) in [5.41, 5.74) is 0.486. The summed E-state index contributed by atoms with van der Waals surface area (Å²) in [4.78, 5) is 32.6. The molecule has 1 aromatic rings. The number of carbonyl (C=O) groups excluding carboxylic acids is 2. The summed E-state index contributed by atoms with van der Waals surface area (Å²) in [6.45, 7) is 6.45. The Hall–Kier alpha value is -2.11. The van der Waals surface area contributed by atoms with Crippen LogP contribution in [0.25, 0.3) is 0 Å². The smallest absolute Gasteiger partial charge is 0.416 e. The highest BCUT2D eigenvalue weighted by Gasteiger charge is 2.32. The molecule has 6 heteroatoms. The van der Waals surface area contributed by atoms with Gasteiger partial charge in [0.05, 0.1) is 6.04 Å². The summed E-state index contributed by atoms with van der Waals surface area (Å²) in [7, 11) is 0. The van der Waals surface area contributed by atoms with Gasteiger partial charge in [-0.2, -0.15) is 0 Å². The zero-order valence-corrected chi connectivity index (χ0v) is 17.4. The largest absolute Gasteiger partial charge is 0.443 e. The van der Waals surface area contributed by atoms with Gasteiger partial charge in [0.1, 0.15) is 11.4 Å². The number of pyridine rings is 1. The first kappa shape index (κ1) is 20.6. The lowest BCUT2D eigenvalue weighted by atomic mass is 9.94. The van der Waals surface area contributed by atoms with Crippen molar-refractivity contribution in [2.24, 2.45) is 0 Å². The van der Waals surface area contributed by atoms with Crippen molar-refractivity contribution in [1.29, 1.82) is 0 Å². The highest BCUT2D eigenvalue weighted by atomic mass is 16.6. The van der Waals surface area contributed by atoms with Gasteiger partial charge in [-0.05, 0) is 64.5 Å². The zero-order chi connectivity index (χ0) is 20.1. The molecule has 0 aromatic carbocycles. The summed E-state index contributed by atoms with van der Waals surface area (Å²) in [6.07, 6.45) is 11.0. The average Bonchev–Trinajstić information content (AvgIpc) is 2.68. The molecule has 1 saturated carbocycles. The first-order valence-electron chi connectivity index (χ1n) is 10.6. The second-order valence-corrected chi connectivity index (χ2v) is 8.95. The average molecular weight is 388 g/mol. The van der Waals surface area contributed by atoms with E-state index in [9.17, 15) is 9.59 Å². The zero-order valence-electron chi connectivity index (χ0n) is 17.4. The minimum absolute atomic E-state index is 0.0810. The summed E-state index contributed by atoms with van der Waals surface area (Å²) in [5.74, 6) is 0.637. The number of nitrogens with zero attached hydrogens (tertiary/aromatic N) is 3. The molecule has 154 valence electrons. The number of amides is 2. The molecule has 0 bridgehead atoms. The molecular formula is C22H33N3O3. The molecule has 6 nitrogen and oxygen atoms in total. The number of hydrogen-bond donors (Lipinski definition) is 0. The third-order valence-electron chi connectivity index (χ3n) is 5.61.